The van der Waals surface area contributed by atoms with E-state index in [2.05, 4.69) is 26.9 Å². The van der Waals surface area contributed by atoms with Crippen LogP contribution in [0.4, 0.5) is 0 Å². The molecule has 1 saturated heterocycles. The number of fused-ring (bicyclic) bond motifs is 1. The van der Waals surface area contributed by atoms with Gasteiger partial charge < -0.3 is 19.6 Å². The standard InChI is InChI=1S/C22H28N4O3/c1-14(27)2-3-16-12-18-19(6-9-23-22(18)24-16)29-20-13-26(17-4-5-17)25-21(20)15-7-10-28-11-8-15/h6,9,12-15,17,27H,2-5,7-8,10-11H2,1H3,(H,23,24). The van der Waals surface area contributed by atoms with E-state index in [1.165, 1.54) is 12.8 Å². The minimum absolute atomic E-state index is 0.319. The van der Waals surface area contributed by atoms with E-state index in [1.54, 1.807) is 6.20 Å². The van der Waals surface area contributed by atoms with Crippen LogP contribution in [0.25, 0.3) is 11.0 Å². The maximum absolute atomic E-state index is 9.57. The first-order valence-electron chi connectivity index (χ1n) is 10.7. The summed E-state index contributed by atoms with van der Waals surface area (Å²) in [6, 6.07) is 4.51. The van der Waals surface area contributed by atoms with Gasteiger partial charge in [-0.15, -0.1) is 0 Å². The molecule has 2 N–H and O–H groups in total. The topological polar surface area (TPSA) is 85.2 Å². The molecule has 7 heteroatoms. The highest BCUT2D eigenvalue weighted by molar-refractivity contribution is 5.83. The fraction of sp³-hybridized carbons (Fsp3) is 0.545. The molecule has 2 fully saturated rings. The van der Waals surface area contributed by atoms with Crippen molar-refractivity contribution < 1.29 is 14.6 Å². The van der Waals surface area contributed by atoms with Crippen LogP contribution in [0.2, 0.25) is 0 Å². The zero-order valence-corrected chi connectivity index (χ0v) is 16.8. The summed E-state index contributed by atoms with van der Waals surface area (Å²) in [5.74, 6) is 2.02. The Morgan fingerprint density at radius 1 is 1.28 bits per heavy atom. The predicted molar refractivity (Wildman–Crippen MR) is 109 cm³/mol. The predicted octanol–water partition coefficient (Wildman–Crippen LogP) is 4.09. The van der Waals surface area contributed by atoms with E-state index < -0.39 is 0 Å². The lowest BCUT2D eigenvalue weighted by Gasteiger charge is -2.21. The van der Waals surface area contributed by atoms with E-state index >= 15 is 0 Å². The second kappa shape index (κ2) is 7.80. The largest absolute Gasteiger partial charge is 0.453 e. The Balaban J connectivity index is 1.45. The Morgan fingerprint density at radius 3 is 2.86 bits per heavy atom. The van der Waals surface area contributed by atoms with E-state index in [9.17, 15) is 5.11 Å². The smallest absolute Gasteiger partial charge is 0.168 e. The first-order valence-corrected chi connectivity index (χ1v) is 10.7. The number of aliphatic hydroxyl groups is 1. The van der Waals surface area contributed by atoms with Gasteiger partial charge in [-0.3, -0.25) is 4.68 Å². The van der Waals surface area contributed by atoms with Crippen molar-refractivity contribution in [2.75, 3.05) is 13.2 Å². The summed E-state index contributed by atoms with van der Waals surface area (Å²) < 4.78 is 14.1. The van der Waals surface area contributed by atoms with Crippen molar-refractivity contribution in [2.24, 2.45) is 0 Å². The minimum atomic E-state index is -0.319. The number of aromatic amines is 1. The summed E-state index contributed by atoms with van der Waals surface area (Å²) in [5.41, 5.74) is 2.92. The van der Waals surface area contributed by atoms with Crippen molar-refractivity contribution in [1.29, 1.82) is 0 Å². The van der Waals surface area contributed by atoms with Gasteiger partial charge in [0, 0.05) is 31.0 Å². The second-order valence-corrected chi connectivity index (χ2v) is 8.33. The summed E-state index contributed by atoms with van der Waals surface area (Å²) in [5, 5.41) is 15.4. The minimum Gasteiger partial charge on any atom is -0.453 e. The Bertz CT molecular complexity index is 983. The summed E-state index contributed by atoms with van der Waals surface area (Å²) in [6.07, 6.45) is 9.36. The van der Waals surface area contributed by atoms with Gasteiger partial charge in [-0.05, 0) is 57.6 Å². The Labute approximate surface area is 170 Å². The van der Waals surface area contributed by atoms with Crippen LogP contribution >= 0.6 is 0 Å². The first-order chi connectivity index (χ1) is 14.2. The molecule has 7 nitrogen and oxygen atoms in total. The number of rotatable bonds is 7. The van der Waals surface area contributed by atoms with Gasteiger partial charge in [0.2, 0.25) is 0 Å². The Morgan fingerprint density at radius 2 is 2.10 bits per heavy atom. The van der Waals surface area contributed by atoms with Crippen LogP contribution in [0, 0.1) is 0 Å². The molecule has 4 heterocycles. The molecule has 0 spiro atoms. The highest BCUT2D eigenvalue weighted by Gasteiger charge is 2.30. The van der Waals surface area contributed by atoms with Gasteiger partial charge in [-0.1, -0.05) is 0 Å². The van der Waals surface area contributed by atoms with Crippen molar-refractivity contribution in [2.45, 2.75) is 63.5 Å². The molecule has 1 aliphatic heterocycles. The molecule has 1 unspecified atom stereocenters. The lowest BCUT2D eigenvalue weighted by molar-refractivity contribution is 0.0839. The molecule has 0 radical (unpaired) electrons. The number of H-pyrrole nitrogens is 1. The van der Waals surface area contributed by atoms with Crippen LogP contribution in [0.15, 0.2) is 24.5 Å². The number of aliphatic hydroxyl groups excluding tert-OH is 1. The fourth-order valence-corrected chi connectivity index (χ4v) is 4.01. The van der Waals surface area contributed by atoms with E-state index in [4.69, 9.17) is 14.6 Å². The van der Waals surface area contributed by atoms with Crippen LogP contribution in [0.1, 0.15) is 62.4 Å². The zero-order valence-electron chi connectivity index (χ0n) is 16.8. The lowest BCUT2D eigenvalue weighted by Crippen LogP contribution is -2.15. The molecule has 1 saturated carbocycles. The number of nitrogens with one attached hydrogen (secondary N) is 1. The maximum atomic E-state index is 9.57. The molecule has 1 aliphatic carbocycles. The maximum Gasteiger partial charge on any atom is 0.168 e. The van der Waals surface area contributed by atoms with Gasteiger partial charge in [0.25, 0.3) is 0 Å². The summed E-state index contributed by atoms with van der Waals surface area (Å²) in [4.78, 5) is 7.80. The molecule has 5 rings (SSSR count). The van der Waals surface area contributed by atoms with Crippen molar-refractivity contribution in [1.82, 2.24) is 19.7 Å². The van der Waals surface area contributed by atoms with Gasteiger partial charge in [0.05, 0.1) is 23.7 Å². The molecule has 0 aromatic carbocycles. The molecule has 0 bridgehead atoms. The number of hydrogen-bond acceptors (Lipinski definition) is 5. The number of aromatic nitrogens is 4. The number of ether oxygens (including phenoxy) is 2. The summed E-state index contributed by atoms with van der Waals surface area (Å²) in [7, 11) is 0. The zero-order chi connectivity index (χ0) is 19.8. The normalized spacial score (nSPS) is 19.0. The van der Waals surface area contributed by atoms with Crippen LogP contribution in [-0.4, -0.2) is 44.2 Å². The quantitative estimate of drug-likeness (QED) is 0.628. The van der Waals surface area contributed by atoms with Gasteiger partial charge in [-0.25, -0.2) is 4.98 Å². The van der Waals surface area contributed by atoms with E-state index in [-0.39, 0.29) is 6.10 Å². The molecule has 1 atom stereocenters. The van der Waals surface area contributed by atoms with Crippen LogP contribution < -0.4 is 4.74 Å². The molecule has 2 aliphatic rings. The third-order valence-electron chi connectivity index (χ3n) is 5.85. The molecule has 0 amide bonds. The fourth-order valence-electron chi connectivity index (χ4n) is 4.01. The molecule has 154 valence electrons. The highest BCUT2D eigenvalue weighted by atomic mass is 16.5. The van der Waals surface area contributed by atoms with Gasteiger partial charge in [0.15, 0.2) is 5.75 Å². The molecular formula is C22H28N4O3. The Hall–Kier alpha value is -2.38. The van der Waals surface area contributed by atoms with Crippen molar-refractivity contribution >= 4 is 11.0 Å². The average molecular weight is 396 g/mol. The van der Waals surface area contributed by atoms with Gasteiger partial charge in [-0.2, -0.15) is 5.10 Å². The van der Waals surface area contributed by atoms with Crippen molar-refractivity contribution in [3.63, 3.8) is 0 Å². The van der Waals surface area contributed by atoms with E-state index in [0.717, 1.165) is 66.4 Å². The van der Waals surface area contributed by atoms with Crippen molar-refractivity contribution in [3.8, 4) is 11.5 Å². The SMILES string of the molecule is CC(O)CCc1cc2c(Oc3cn(C4CC4)nc3C3CCOCC3)ccnc2[nH]1. The second-order valence-electron chi connectivity index (χ2n) is 8.33. The monoisotopic (exact) mass is 396 g/mol. The molecule has 3 aromatic rings. The number of hydrogen-bond donors (Lipinski definition) is 2. The van der Waals surface area contributed by atoms with E-state index in [0.29, 0.717) is 18.4 Å². The number of pyridine rings is 1. The average Bonchev–Trinajstić information content (AvgIpc) is 3.35. The summed E-state index contributed by atoms with van der Waals surface area (Å²) in [6.45, 7) is 3.37. The van der Waals surface area contributed by atoms with Gasteiger partial charge >= 0.3 is 0 Å². The first kappa shape index (κ1) is 18.6. The molecule has 29 heavy (non-hydrogen) atoms. The van der Waals surface area contributed by atoms with Crippen LogP contribution in [-0.2, 0) is 11.2 Å². The van der Waals surface area contributed by atoms with Crippen LogP contribution in [0.5, 0.6) is 11.5 Å². The third-order valence-corrected chi connectivity index (χ3v) is 5.85. The molecule has 3 aromatic heterocycles. The van der Waals surface area contributed by atoms with Gasteiger partial charge in [0.1, 0.15) is 17.1 Å². The van der Waals surface area contributed by atoms with Crippen LogP contribution in [0.3, 0.4) is 0 Å². The molecular weight excluding hydrogens is 368 g/mol. The van der Waals surface area contributed by atoms with E-state index in [1.807, 2.05) is 13.0 Å². The lowest BCUT2D eigenvalue weighted by atomic mass is 9.96. The Kier molecular flexibility index (Phi) is 5.01. The number of aryl methyl sites for hydroxylation is 1. The number of nitrogens with zero attached hydrogens (tertiary/aromatic N) is 3. The third kappa shape index (κ3) is 4.02. The highest BCUT2D eigenvalue weighted by Crippen LogP contribution is 2.41. The van der Waals surface area contributed by atoms with Crippen molar-refractivity contribution in [3.05, 3.63) is 35.9 Å². The summed E-state index contributed by atoms with van der Waals surface area (Å²) >= 11 is 0.